The van der Waals surface area contributed by atoms with Gasteiger partial charge in [0.05, 0.1) is 6.20 Å². The second kappa shape index (κ2) is 5.24. The number of rotatable bonds is 2. The highest BCUT2D eigenvalue weighted by Crippen LogP contribution is 1.88. The highest BCUT2D eigenvalue weighted by molar-refractivity contribution is 6.04. The van der Waals surface area contributed by atoms with Crippen molar-refractivity contribution >= 4 is 17.8 Å². The molecule has 0 aliphatic carbocycles. The minimum absolute atomic E-state index is 0.102. The van der Waals surface area contributed by atoms with E-state index in [9.17, 15) is 4.79 Å². The van der Waals surface area contributed by atoms with Crippen molar-refractivity contribution in [2.75, 3.05) is 0 Å². The summed E-state index contributed by atoms with van der Waals surface area (Å²) in [4.78, 5) is 18.9. The second-order valence-electron chi connectivity index (χ2n) is 2.55. The second-order valence-corrected chi connectivity index (χ2v) is 2.55. The number of hydrogen-bond acceptors (Lipinski definition) is 5. The third kappa shape index (κ3) is 3.57. The van der Waals surface area contributed by atoms with Crippen LogP contribution in [0.1, 0.15) is 10.5 Å². The molecule has 1 amide bonds. The molecule has 1 aromatic heterocycles. The Balaban J connectivity index is 2.66. The van der Waals surface area contributed by atoms with Crippen LogP contribution in [0.25, 0.3) is 0 Å². The fraction of sp³-hybridized carbons (Fsp3) is 0. The van der Waals surface area contributed by atoms with Gasteiger partial charge in [-0.15, -0.1) is 10.2 Å². The lowest BCUT2D eigenvalue weighted by Gasteiger charge is -2.00. The number of nitrogens with two attached hydrogens (primary N) is 3. The van der Waals surface area contributed by atoms with Gasteiger partial charge >= 0.3 is 0 Å². The minimum Gasteiger partial charge on any atom is -0.369 e. The molecular weight excluding hydrogens is 212 g/mol. The summed E-state index contributed by atoms with van der Waals surface area (Å²) in [5.74, 6) is -1.07. The van der Waals surface area contributed by atoms with E-state index in [-0.39, 0.29) is 17.6 Å². The summed E-state index contributed by atoms with van der Waals surface area (Å²) in [5, 5.41) is 8.82. The molecule has 0 aliphatic rings. The molecule has 16 heavy (non-hydrogen) atoms. The monoisotopic (exact) mass is 222 g/mol. The van der Waals surface area contributed by atoms with Crippen molar-refractivity contribution in [2.45, 2.75) is 0 Å². The number of guanidine groups is 2. The van der Waals surface area contributed by atoms with Crippen molar-refractivity contribution in [3.63, 3.8) is 0 Å². The van der Waals surface area contributed by atoms with E-state index in [1.807, 2.05) is 0 Å². The molecule has 84 valence electrons. The van der Waals surface area contributed by atoms with Crippen LogP contribution < -0.4 is 22.5 Å². The molecule has 0 radical (unpaired) electrons. The molecule has 0 fully saturated rings. The number of nitrogens with zero attached hydrogens (tertiary/aromatic N) is 4. The smallest absolute Gasteiger partial charge is 0.278 e. The molecule has 9 heteroatoms. The summed E-state index contributed by atoms with van der Waals surface area (Å²) in [7, 11) is 0. The van der Waals surface area contributed by atoms with Crippen molar-refractivity contribution in [2.24, 2.45) is 27.4 Å². The molecule has 1 heterocycles. The maximum Gasteiger partial charge on any atom is 0.278 e. The van der Waals surface area contributed by atoms with Gasteiger partial charge in [-0.3, -0.25) is 15.1 Å². The standard InChI is InChI=1S/C7H10N8O/c8-6(9)14-15-7(10)13-5(16)4-3-11-1-2-12-4/h1-3H,(H4,8,9,14)(H3,10,13,15,16). The molecule has 0 aromatic carbocycles. The Morgan fingerprint density at radius 3 is 2.56 bits per heavy atom. The SMILES string of the molecule is NC(N)=N/N=C(\N)NC(=O)c1cnccn1. The van der Waals surface area contributed by atoms with Gasteiger partial charge in [0.1, 0.15) is 5.69 Å². The van der Waals surface area contributed by atoms with Crippen molar-refractivity contribution in [1.29, 1.82) is 0 Å². The zero-order valence-electron chi connectivity index (χ0n) is 8.16. The molecule has 9 nitrogen and oxygen atoms in total. The largest absolute Gasteiger partial charge is 0.369 e. The van der Waals surface area contributed by atoms with E-state index in [1.165, 1.54) is 18.6 Å². The third-order valence-corrected chi connectivity index (χ3v) is 1.31. The Hall–Kier alpha value is -2.71. The zero-order valence-corrected chi connectivity index (χ0v) is 8.16. The molecule has 0 aliphatic heterocycles. The van der Waals surface area contributed by atoms with E-state index in [1.54, 1.807) is 0 Å². The molecule has 1 rings (SSSR count). The maximum atomic E-state index is 11.4. The van der Waals surface area contributed by atoms with E-state index in [0.29, 0.717) is 0 Å². The number of nitrogens with one attached hydrogen (secondary N) is 1. The number of hydrogen-bond donors (Lipinski definition) is 4. The van der Waals surface area contributed by atoms with Crippen molar-refractivity contribution < 1.29 is 4.79 Å². The van der Waals surface area contributed by atoms with E-state index in [0.717, 1.165) is 0 Å². The van der Waals surface area contributed by atoms with Gasteiger partial charge in [-0.1, -0.05) is 0 Å². The highest BCUT2D eigenvalue weighted by Gasteiger charge is 2.07. The Bertz CT molecular complexity index is 421. The quantitative estimate of drug-likeness (QED) is 0.250. The number of carbonyl (C=O) groups excluding carboxylic acids is 1. The lowest BCUT2D eigenvalue weighted by atomic mass is 10.4. The average molecular weight is 222 g/mol. The molecule has 0 bridgehead atoms. The fourth-order valence-electron chi connectivity index (χ4n) is 0.733. The normalized spacial score (nSPS) is 10.6. The van der Waals surface area contributed by atoms with E-state index < -0.39 is 5.91 Å². The Kier molecular flexibility index (Phi) is 3.72. The first-order valence-corrected chi connectivity index (χ1v) is 4.09. The fourth-order valence-corrected chi connectivity index (χ4v) is 0.733. The van der Waals surface area contributed by atoms with Crippen molar-refractivity contribution in [3.05, 3.63) is 24.3 Å². The summed E-state index contributed by atoms with van der Waals surface area (Å²) < 4.78 is 0. The topological polar surface area (TPSA) is 158 Å². The molecular formula is C7H10N8O. The number of amides is 1. The van der Waals surface area contributed by atoms with Gasteiger partial charge in [0.2, 0.25) is 11.9 Å². The Morgan fingerprint density at radius 2 is 2.00 bits per heavy atom. The van der Waals surface area contributed by atoms with Crippen LogP contribution in [-0.2, 0) is 0 Å². The maximum absolute atomic E-state index is 11.4. The highest BCUT2D eigenvalue weighted by atomic mass is 16.2. The lowest BCUT2D eigenvalue weighted by Crippen LogP contribution is -2.37. The first-order valence-electron chi connectivity index (χ1n) is 4.09. The van der Waals surface area contributed by atoms with E-state index >= 15 is 0 Å². The lowest BCUT2D eigenvalue weighted by molar-refractivity contribution is 0.0971. The van der Waals surface area contributed by atoms with Crippen LogP contribution in [0.15, 0.2) is 28.8 Å². The predicted octanol–water partition coefficient (Wildman–Crippen LogP) is -2.29. The van der Waals surface area contributed by atoms with Gasteiger partial charge in [-0.05, 0) is 0 Å². The summed E-state index contributed by atoms with van der Waals surface area (Å²) >= 11 is 0. The van der Waals surface area contributed by atoms with Crippen LogP contribution in [-0.4, -0.2) is 27.8 Å². The van der Waals surface area contributed by atoms with Gasteiger partial charge in [-0.25, -0.2) is 4.98 Å². The molecule has 1 aromatic rings. The third-order valence-electron chi connectivity index (χ3n) is 1.31. The first kappa shape index (κ1) is 11.4. The summed E-state index contributed by atoms with van der Waals surface area (Å²) in [6.07, 6.45) is 4.09. The summed E-state index contributed by atoms with van der Waals surface area (Å²) in [6, 6.07) is 0. The van der Waals surface area contributed by atoms with Gasteiger partial charge in [0, 0.05) is 12.4 Å². The van der Waals surface area contributed by atoms with Crippen LogP contribution in [0.5, 0.6) is 0 Å². The molecule has 0 saturated heterocycles. The molecule has 0 unspecified atom stereocenters. The van der Waals surface area contributed by atoms with Gasteiger partial charge in [0.25, 0.3) is 5.91 Å². The van der Waals surface area contributed by atoms with Crippen molar-refractivity contribution in [3.8, 4) is 0 Å². The number of carbonyl (C=O) groups is 1. The molecule has 0 saturated carbocycles. The Labute approximate surface area is 90.5 Å². The van der Waals surface area contributed by atoms with Crippen LogP contribution in [0, 0.1) is 0 Å². The van der Waals surface area contributed by atoms with Crippen molar-refractivity contribution in [1.82, 2.24) is 15.3 Å². The zero-order chi connectivity index (χ0) is 12.0. The minimum atomic E-state index is -0.555. The van der Waals surface area contributed by atoms with Gasteiger partial charge in [0.15, 0.2) is 0 Å². The van der Waals surface area contributed by atoms with Gasteiger partial charge < -0.3 is 17.2 Å². The van der Waals surface area contributed by atoms with Gasteiger partial charge in [-0.2, -0.15) is 0 Å². The summed E-state index contributed by atoms with van der Waals surface area (Å²) in [5.41, 5.74) is 15.4. The predicted molar refractivity (Wildman–Crippen MR) is 56.9 cm³/mol. The number of aromatic nitrogens is 2. The molecule has 7 N–H and O–H groups in total. The summed E-state index contributed by atoms with van der Waals surface area (Å²) in [6.45, 7) is 0. The molecule has 0 atom stereocenters. The van der Waals surface area contributed by atoms with E-state index in [4.69, 9.17) is 17.2 Å². The van der Waals surface area contributed by atoms with Crippen LogP contribution >= 0.6 is 0 Å². The Morgan fingerprint density at radius 1 is 1.25 bits per heavy atom. The molecule has 0 spiro atoms. The average Bonchev–Trinajstić information content (AvgIpc) is 2.27. The van der Waals surface area contributed by atoms with Crippen LogP contribution in [0.2, 0.25) is 0 Å². The van der Waals surface area contributed by atoms with Crippen LogP contribution in [0.3, 0.4) is 0 Å². The van der Waals surface area contributed by atoms with Crippen LogP contribution in [0.4, 0.5) is 0 Å². The first-order chi connectivity index (χ1) is 7.59. The van der Waals surface area contributed by atoms with E-state index in [2.05, 4.69) is 25.5 Å².